The molecule has 2 aliphatic rings. The predicted octanol–water partition coefficient (Wildman–Crippen LogP) is 6.87. The second-order valence-electron chi connectivity index (χ2n) is 12.1. The number of hydrogen-bond acceptors (Lipinski definition) is 4. The number of rotatable bonds is 14. The largest absolute Gasteiger partial charge is 0.463 e. The molecule has 1 atom stereocenters. The molecule has 0 saturated carbocycles. The van der Waals surface area contributed by atoms with Gasteiger partial charge in [0.2, 0.25) is 5.91 Å². The second-order valence-corrected chi connectivity index (χ2v) is 12.1. The molecule has 2 fully saturated rings. The van der Waals surface area contributed by atoms with Gasteiger partial charge in [0.25, 0.3) is 0 Å². The minimum absolute atomic E-state index is 0.0427. The van der Waals surface area contributed by atoms with E-state index in [0.29, 0.717) is 12.6 Å². The molecule has 1 amide bonds. The van der Waals surface area contributed by atoms with Crippen LogP contribution in [0.15, 0.2) is 0 Å². The van der Waals surface area contributed by atoms with Crippen LogP contribution in [0.4, 0.5) is 0 Å². The number of amides is 1. The lowest BCUT2D eigenvalue weighted by Gasteiger charge is -2.57. The van der Waals surface area contributed by atoms with Crippen molar-refractivity contribution < 1.29 is 14.3 Å². The zero-order valence-electron chi connectivity index (χ0n) is 23.3. The molecule has 0 aromatic rings. The number of carbonyl (C=O) groups excluding carboxylic acids is 2. The number of ether oxygens (including phenoxy) is 1. The van der Waals surface area contributed by atoms with Crippen molar-refractivity contribution in [1.29, 1.82) is 0 Å². The van der Waals surface area contributed by atoms with Crippen LogP contribution in [0.25, 0.3) is 0 Å². The standard InChI is InChI=1S/C29H54N2O3/c1-7-8-9-10-11-12-13-14-15-16-17-18-19-26-27(33)34-21-20-30(26)25-22-28(3,4)31(24(2)32)29(5,6)23-25/h25-26H,7-23H2,1-6H3. The predicted molar refractivity (Wildman–Crippen MR) is 141 cm³/mol. The van der Waals surface area contributed by atoms with Crippen molar-refractivity contribution in [3.05, 3.63) is 0 Å². The molecule has 34 heavy (non-hydrogen) atoms. The van der Waals surface area contributed by atoms with E-state index in [1.54, 1.807) is 6.92 Å². The number of esters is 1. The van der Waals surface area contributed by atoms with Crippen LogP contribution >= 0.6 is 0 Å². The van der Waals surface area contributed by atoms with Crippen molar-refractivity contribution in [2.24, 2.45) is 0 Å². The number of likely N-dealkylation sites (tertiary alicyclic amines) is 1. The van der Waals surface area contributed by atoms with Crippen molar-refractivity contribution in [2.45, 2.75) is 161 Å². The Bertz CT molecular complexity index is 613. The highest BCUT2D eigenvalue weighted by atomic mass is 16.5. The van der Waals surface area contributed by atoms with Crippen LogP contribution < -0.4 is 0 Å². The van der Waals surface area contributed by atoms with Crippen LogP contribution in [0.2, 0.25) is 0 Å². The van der Waals surface area contributed by atoms with Gasteiger partial charge in [0.05, 0.1) is 0 Å². The van der Waals surface area contributed by atoms with Crippen molar-refractivity contribution in [2.75, 3.05) is 13.2 Å². The molecule has 5 heteroatoms. The SMILES string of the molecule is CCCCCCCCCCCCCCC1C(=O)OCCN1C1CC(C)(C)N(C(C)=O)C(C)(C)C1. The minimum atomic E-state index is -0.222. The van der Waals surface area contributed by atoms with Gasteiger partial charge in [-0.25, -0.2) is 0 Å². The Labute approximate surface area is 210 Å². The Morgan fingerprint density at radius 3 is 1.79 bits per heavy atom. The normalized spacial score (nSPS) is 23.2. The summed E-state index contributed by atoms with van der Waals surface area (Å²) in [5, 5.41) is 0. The Morgan fingerprint density at radius 1 is 0.853 bits per heavy atom. The molecule has 0 aromatic heterocycles. The number of cyclic esters (lactones) is 1. The van der Waals surface area contributed by atoms with Gasteiger partial charge in [-0.3, -0.25) is 14.5 Å². The van der Waals surface area contributed by atoms with E-state index in [2.05, 4.69) is 44.4 Å². The zero-order valence-corrected chi connectivity index (χ0v) is 23.3. The minimum Gasteiger partial charge on any atom is -0.463 e. The van der Waals surface area contributed by atoms with Gasteiger partial charge in [0.1, 0.15) is 12.6 Å². The summed E-state index contributed by atoms with van der Waals surface area (Å²) in [4.78, 5) is 29.6. The van der Waals surface area contributed by atoms with Gasteiger partial charge >= 0.3 is 5.97 Å². The van der Waals surface area contributed by atoms with Gasteiger partial charge in [-0.05, 0) is 47.0 Å². The van der Waals surface area contributed by atoms with Crippen molar-refractivity contribution in [3.63, 3.8) is 0 Å². The van der Waals surface area contributed by atoms with Gasteiger partial charge < -0.3 is 9.64 Å². The van der Waals surface area contributed by atoms with Crippen LogP contribution in [-0.2, 0) is 14.3 Å². The Kier molecular flexibility index (Phi) is 11.9. The first kappa shape index (κ1) is 29.1. The quantitative estimate of drug-likeness (QED) is 0.202. The Hall–Kier alpha value is -1.10. The molecule has 5 nitrogen and oxygen atoms in total. The third-order valence-electron chi connectivity index (χ3n) is 8.06. The summed E-state index contributed by atoms with van der Waals surface area (Å²) in [5.74, 6) is 0.0958. The second kappa shape index (κ2) is 13.8. The molecule has 2 heterocycles. The lowest BCUT2D eigenvalue weighted by molar-refractivity contribution is -0.168. The van der Waals surface area contributed by atoms with Crippen molar-refractivity contribution >= 4 is 11.9 Å². The summed E-state index contributed by atoms with van der Waals surface area (Å²) in [6.07, 6.45) is 18.6. The molecule has 0 aliphatic carbocycles. The summed E-state index contributed by atoms with van der Waals surface area (Å²) in [6.45, 7) is 13.9. The summed E-state index contributed by atoms with van der Waals surface area (Å²) >= 11 is 0. The molecule has 0 N–H and O–H groups in total. The number of nitrogens with zero attached hydrogens (tertiary/aromatic N) is 2. The number of unbranched alkanes of at least 4 members (excludes halogenated alkanes) is 11. The first-order valence-electron chi connectivity index (χ1n) is 14.3. The molecule has 2 saturated heterocycles. The number of hydrogen-bond donors (Lipinski definition) is 0. The van der Waals surface area contributed by atoms with Gasteiger partial charge in [-0.2, -0.15) is 0 Å². The van der Waals surface area contributed by atoms with Gasteiger partial charge in [0, 0.05) is 30.6 Å². The highest BCUT2D eigenvalue weighted by Gasteiger charge is 2.50. The van der Waals surface area contributed by atoms with Crippen LogP contribution in [-0.4, -0.2) is 58.0 Å². The smallest absolute Gasteiger partial charge is 0.323 e. The molecular weight excluding hydrogens is 424 g/mol. The zero-order chi connectivity index (χ0) is 25.2. The summed E-state index contributed by atoms with van der Waals surface area (Å²) in [5.41, 5.74) is -0.444. The fourth-order valence-corrected chi connectivity index (χ4v) is 6.85. The number of carbonyl (C=O) groups is 2. The van der Waals surface area contributed by atoms with Gasteiger partial charge in [0.15, 0.2) is 0 Å². The lowest BCUT2D eigenvalue weighted by atomic mass is 9.75. The average molecular weight is 479 g/mol. The van der Waals surface area contributed by atoms with E-state index in [1.807, 2.05) is 0 Å². The number of morpholine rings is 1. The molecule has 198 valence electrons. The van der Waals surface area contributed by atoms with Crippen molar-refractivity contribution in [1.82, 2.24) is 9.80 Å². The Balaban J connectivity index is 1.77. The molecule has 0 bridgehead atoms. The monoisotopic (exact) mass is 478 g/mol. The molecule has 2 rings (SSSR count). The average Bonchev–Trinajstić information content (AvgIpc) is 2.73. The molecule has 0 spiro atoms. The Morgan fingerprint density at radius 2 is 1.32 bits per heavy atom. The van der Waals surface area contributed by atoms with E-state index in [0.717, 1.165) is 32.2 Å². The molecular formula is C29H54N2O3. The first-order valence-corrected chi connectivity index (χ1v) is 14.3. The molecule has 1 unspecified atom stereocenters. The summed E-state index contributed by atoms with van der Waals surface area (Å²) in [6, 6.07) is 0.174. The van der Waals surface area contributed by atoms with Crippen molar-refractivity contribution in [3.8, 4) is 0 Å². The van der Waals surface area contributed by atoms with Gasteiger partial charge in [-0.15, -0.1) is 0 Å². The topological polar surface area (TPSA) is 49.9 Å². The van der Waals surface area contributed by atoms with Crippen LogP contribution in [0, 0.1) is 0 Å². The van der Waals surface area contributed by atoms with E-state index in [9.17, 15) is 9.59 Å². The maximum atomic E-state index is 12.7. The van der Waals surface area contributed by atoms with Crippen LogP contribution in [0.5, 0.6) is 0 Å². The summed E-state index contributed by atoms with van der Waals surface area (Å²) < 4.78 is 5.49. The van der Waals surface area contributed by atoms with Crippen LogP contribution in [0.3, 0.4) is 0 Å². The molecule has 2 aliphatic heterocycles. The van der Waals surface area contributed by atoms with E-state index in [-0.39, 0.29) is 29.0 Å². The number of piperidine rings is 1. The third-order valence-corrected chi connectivity index (χ3v) is 8.06. The third kappa shape index (κ3) is 8.53. The van der Waals surface area contributed by atoms with Crippen LogP contribution in [0.1, 0.15) is 138 Å². The first-order chi connectivity index (χ1) is 16.1. The van der Waals surface area contributed by atoms with E-state index < -0.39 is 0 Å². The fraction of sp³-hybridized carbons (Fsp3) is 0.931. The maximum Gasteiger partial charge on any atom is 0.323 e. The summed E-state index contributed by atoms with van der Waals surface area (Å²) in [7, 11) is 0. The highest BCUT2D eigenvalue weighted by Crippen LogP contribution is 2.41. The maximum absolute atomic E-state index is 12.7. The fourth-order valence-electron chi connectivity index (χ4n) is 6.85. The molecule has 0 aromatic carbocycles. The lowest BCUT2D eigenvalue weighted by Crippen LogP contribution is -2.67. The van der Waals surface area contributed by atoms with Gasteiger partial charge in [-0.1, -0.05) is 84.0 Å². The van der Waals surface area contributed by atoms with E-state index >= 15 is 0 Å². The van der Waals surface area contributed by atoms with E-state index in [1.165, 1.54) is 70.6 Å². The van der Waals surface area contributed by atoms with E-state index in [4.69, 9.17) is 4.74 Å². The molecule has 0 radical (unpaired) electrons. The highest BCUT2D eigenvalue weighted by molar-refractivity contribution is 5.77.